The third-order valence-electron chi connectivity index (χ3n) is 4.65. The van der Waals surface area contributed by atoms with Gasteiger partial charge in [-0.1, -0.05) is 72.8 Å². The maximum Gasteiger partial charge on any atom is 0.268 e. The number of nitrogens with one attached hydrogen (secondary N) is 1. The Hall–Kier alpha value is -3.41. The van der Waals surface area contributed by atoms with Crippen LogP contribution in [0.5, 0.6) is 0 Å². The highest BCUT2D eigenvalue weighted by Crippen LogP contribution is 2.34. The predicted molar refractivity (Wildman–Crippen MR) is 128 cm³/mol. The Morgan fingerprint density at radius 1 is 1.19 bits per heavy atom. The molecule has 1 amide bonds. The third-order valence-corrected chi connectivity index (χ3v) is 6.54. The summed E-state index contributed by atoms with van der Waals surface area (Å²) in [5, 5.41) is 24.4. The zero-order chi connectivity index (χ0) is 22.3. The molecular weight excluding hydrogens is 440 g/mol. The number of hydrogen-bond donors (Lipinski definition) is 1. The smallest absolute Gasteiger partial charge is 0.268 e. The van der Waals surface area contributed by atoms with Crippen molar-refractivity contribution in [3.63, 3.8) is 0 Å². The molecule has 160 valence electrons. The lowest BCUT2D eigenvalue weighted by Gasteiger charge is -2.04. The highest BCUT2D eigenvalue weighted by Gasteiger charge is 2.14. The molecule has 0 unspecified atom stereocenters. The molecule has 2 aromatic heterocycles. The van der Waals surface area contributed by atoms with Crippen LogP contribution in [0.2, 0.25) is 0 Å². The number of carbonyl (C=O) groups is 1. The number of benzene rings is 2. The fraction of sp³-hybridized carbons (Fsp3) is 0.167. The van der Waals surface area contributed by atoms with E-state index in [0.29, 0.717) is 16.0 Å². The zero-order valence-electron chi connectivity index (χ0n) is 17.4. The van der Waals surface area contributed by atoms with Gasteiger partial charge in [0, 0.05) is 17.4 Å². The molecule has 0 saturated carbocycles. The van der Waals surface area contributed by atoms with Crippen molar-refractivity contribution in [2.75, 3.05) is 5.32 Å². The Morgan fingerprint density at radius 2 is 2.03 bits per heavy atom. The molecule has 0 aliphatic heterocycles. The summed E-state index contributed by atoms with van der Waals surface area (Å²) in [6, 6.07) is 19.8. The molecule has 0 radical (unpaired) electrons. The minimum absolute atomic E-state index is 0.0635. The molecule has 0 atom stereocenters. The Morgan fingerprint density at radius 3 is 2.88 bits per heavy atom. The van der Waals surface area contributed by atoms with Crippen LogP contribution in [0.3, 0.4) is 0 Å². The minimum atomic E-state index is -0.537. The van der Waals surface area contributed by atoms with Gasteiger partial charge >= 0.3 is 0 Å². The van der Waals surface area contributed by atoms with Crippen molar-refractivity contribution in [2.45, 2.75) is 36.2 Å². The molecule has 0 aliphatic carbocycles. The van der Waals surface area contributed by atoms with E-state index in [1.54, 1.807) is 6.07 Å². The number of rotatable bonds is 8. The number of anilines is 1. The Bertz CT molecular complexity index is 1310. The average molecular weight is 461 g/mol. The monoisotopic (exact) mass is 460 g/mol. The molecule has 32 heavy (non-hydrogen) atoms. The van der Waals surface area contributed by atoms with Gasteiger partial charge in [-0.2, -0.15) is 5.26 Å². The second-order valence-electron chi connectivity index (χ2n) is 6.96. The van der Waals surface area contributed by atoms with E-state index in [9.17, 15) is 10.1 Å². The number of fused-ring (bicyclic) bond motifs is 1. The molecule has 4 aromatic rings. The maximum atomic E-state index is 12.5. The van der Waals surface area contributed by atoms with Crippen LogP contribution in [0.4, 0.5) is 5.13 Å². The molecule has 0 spiro atoms. The standard InChI is InChI=1S/C24H20N4O2S2/c1-2-3-11-21-27-28-24(32-21)26-23(29)17(15-25)14-18-12-13-22(30-18)31-20-10-6-8-16-7-4-5-9-19(16)20/h4-10,12-14H,2-3,11H2,1H3,(H,26,28,29)/b17-14-. The number of carbonyl (C=O) groups excluding carboxylic acids is 1. The van der Waals surface area contributed by atoms with E-state index >= 15 is 0 Å². The lowest BCUT2D eigenvalue weighted by molar-refractivity contribution is -0.112. The number of nitrogens with zero attached hydrogens (tertiary/aromatic N) is 3. The van der Waals surface area contributed by atoms with E-state index in [4.69, 9.17) is 4.42 Å². The van der Waals surface area contributed by atoms with Crippen LogP contribution < -0.4 is 5.32 Å². The summed E-state index contributed by atoms with van der Waals surface area (Å²) in [6.07, 6.45) is 4.34. The fourth-order valence-corrected chi connectivity index (χ4v) is 4.76. The van der Waals surface area contributed by atoms with Crippen molar-refractivity contribution in [3.05, 3.63) is 70.9 Å². The highest BCUT2D eigenvalue weighted by molar-refractivity contribution is 7.99. The first kappa shape index (κ1) is 21.8. The first-order chi connectivity index (χ1) is 15.7. The van der Waals surface area contributed by atoms with Crippen LogP contribution in [0.15, 0.2) is 74.6 Å². The van der Waals surface area contributed by atoms with E-state index < -0.39 is 5.91 Å². The third kappa shape index (κ3) is 5.25. The summed E-state index contributed by atoms with van der Waals surface area (Å²) in [4.78, 5) is 13.6. The van der Waals surface area contributed by atoms with Gasteiger partial charge in [0.05, 0.1) is 0 Å². The molecule has 0 saturated heterocycles. The van der Waals surface area contributed by atoms with Crippen molar-refractivity contribution in [1.82, 2.24) is 10.2 Å². The first-order valence-electron chi connectivity index (χ1n) is 10.2. The maximum absolute atomic E-state index is 12.5. The molecule has 6 nitrogen and oxygen atoms in total. The SMILES string of the molecule is CCCCc1nnc(NC(=O)/C(C#N)=C\c2ccc(Sc3cccc4ccccc34)o2)s1. The number of aryl methyl sites for hydroxylation is 1. The van der Waals surface area contributed by atoms with Crippen LogP contribution in [-0.4, -0.2) is 16.1 Å². The highest BCUT2D eigenvalue weighted by atomic mass is 32.2. The fourth-order valence-electron chi connectivity index (χ4n) is 3.05. The van der Waals surface area contributed by atoms with Crippen LogP contribution >= 0.6 is 23.1 Å². The topological polar surface area (TPSA) is 91.8 Å². The molecule has 8 heteroatoms. The molecule has 0 bridgehead atoms. The molecule has 1 N–H and O–H groups in total. The van der Waals surface area contributed by atoms with Gasteiger partial charge in [-0.25, -0.2) is 0 Å². The number of nitriles is 1. The number of furan rings is 1. The van der Waals surface area contributed by atoms with Gasteiger partial charge in [0.15, 0.2) is 5.09 Å². The number of hydrogen-bond acceptors (Lipinski definition) is 7. The summed E-state index contributed by atoms with van der Waals surface area (Å²) in [6.45, 7) is 2.11. The molecule has 4 rings (SSSR count). The Kier molecular flexibility index (Phi) is 7.00. The van der Waals surface area contributed by atoms with Crippen LogP contribution in [0.1, 0.15) is 30.5 Å². The molecule has 2 aromatic carbocycles. The lowest BCUT2D eigenvalue weighted by Crippen LogP contribution is -2.13. The van der Waals surface area contributed by atoms with E-state index in [1.807, 2.05) is 36.4 Å². The summed E-state index contributed by atoms with van der Waals surface area (Å²) in [7, 11) is 0. The Balaban J connectivity index is 1.46. The summed E-state index contributed by atoms with van der Waals surface area (Å²) in [5.74, 6) is -0.106. The summed E-state index contributed by atoms with van der Waals surface area (Å²) < 4.78 is 5.85. The number of aromatic nitrogens is 2. The average Bonchev–Trinajstić information content (AvgIpc) is 3.45. The first-order valence-corrected chi connectivity index (χ1v) is 11.8. The number of unbranched alkanes of at least 4 members (excludes halogenated alkanes) is 1. The second kappa shape index (κ2) is 10.3. The summed E-state index contributed by atoms with van der Waals surface area (Å²) >= 11 is 2.82. The molecule has 0 aliphatic rings. The van der Waals surface area contributed by atoms with Crippen molar-refractivity contribution in [3.8, 4) is 6.07 Å². The van der Waals surface area contributed by atoms with Crippen LogP contribution in [-0.2, 0) is 11.2 Å². The summed E-state index contributed by atoms with van der Waals surface area (Å²) in [5.41, 5.74) is -0.0635. The van der Waals surface area contributed by atoms with E-state index in [2.05, 4.69) is 40.6 Å². The van der Waals surface area contributed by atoms with E-state index in [1.165, 1.54) is 29.2 Å². The zero-order valence-corrected chi connectivity index (χ0v) is 19.0. The van der Waals surface area contributed by atoms with Gasteiger partial charge < -0.3 is 4.42 Å². The van der Waals surface area contributed by atoms with Crippen LogP contribution in [0, 0.1) is 11.3 Å². The van der Waals surface area contributed by atoms with Gasteiger partial charge in [0.25, 0.3) is 5.91 Å². The minimum Gasteiger partial charge on any atom is -0.450 e. The molecular formula is C24H20N4O2S2. The lowest BCUT2D eigenvalue weighted by atomic mass is 10.1. The molecule has 0 fully saturated rings. The second-order valence-corrected chi connectivity index (χ2v) is 9.07. The number of amides is 1. The Labute approximate surface area is 194 Å². The molecule has 2 heterocycles. The van der Waals surface area contributed by atoms with Gasteiger partial charge in [-0.15, -0.1) is 10.2 Å². The van der Waals surface area contributed by atoms with Crippen molar-refractivity contribution in [1.29, 1.82) is 5.26 Å². The van der Waals surface area contributed by atoms with Gasteiger partial charge in [0.1, 0.15) is 22.4 Å². The van der Waals surface area contributed by atoms with E-state index in [0.717, 1.165) is 39.9 Å². The van der Waals surface area contributed by atoms with Crippen LogP contribution in [0.25, 0.3) is 16.8 Å². The van der Waals surface area contributed by atoms with Gasteiger partial charge in [-0.05, 0) is 35.4 Å². The van der Waals surface area contributed by atoms with Crippen molar-refractivity contribution in [2.24, 2.45) is 0 Å². The van der Waals surface area contributed by atoms with Crippen molar-refractivity contribution < 1.29 is 9.21 Å². The predicted octanol–water partition coefficient (Wildman–Crippen LogP) is 6.32. The normalized spacial score (nSPS) is 11.4. The van der Waals surface area contributed by atoms with Crippen molar-refractivity contribution >= 4 is 51.0 Å². The largest absolute Gasteiger partial charge is 0.450 e. The van der Waals surface area contributed by atoms with E-state index in [-0.39, 0.29) is 5.57 Å². The quantitative estimate of drug-likeness (QED) is 0.244. The van der Waals surface area contributed by atoms with Gasteiger partial charge in [0.2, 0.25) is 5.13 Å². The van der Waals surface area contributed by atoms with Gasteiger partial charge in [-0.3, -0.25) is 10.1 Å².